The topological polar surface area (TPSA) is 120 Å². The van der Waals surface area contributed by atoms with Gasteiger partial charge < -0.3 is 35.0 Å². The van der Waals surface area contributed by atoms with E-state index in [1.54, 1.807) is 31.3 Å². The van der Waals surface area contributed by atoms with E-state index in [0.717, 1.165) is 76.8 Å². The summed E-state index contributed by atoms with van der Waals surface area (Å²) in [6.45, 7) is 5.65. The van der Waals surface area contributed by atoms with Crippen molar-refractivity contribution < 1.29 is 29.0 Å². The zero-order valence-corrected chi connectivity index (χ0v) is 29.3. The molecule has 3 aliphatic rings. The van der Waals surface area contributed by atoms with Gasteiger partial charge in [0.15, 0.2) is 0 Å². The Kier molecular flexibility index (Phi) is 14.0. The first-order valence-electron chi connectivity index (χ1n) is 17.6. The number of hydrogen-bond acceptors (Lipinski definition) is 7. The first kappa shape index (κ1) is 37.5. The molecule has 3 amide bonds. The molecular weight excluding hydrogens is 632 g/mol. The minimum absolute atomic E-state index is 0. The Labute approximate surface area is 291 Å². The molecule has 3 fully saturated rings. The SMILES string of the molecule is CCCCN1C(=O)[C@@H]([C@H](O)C2CCCCC2)NC(=O)C12CCN(CCCCOc1cccc(Oc3ccc(C(=O)NC)cc3)c1)CC2.Cl. The van der Waals surface area contributed by atoms with Gasteiger partial charge in [-0.15, -0.1) is 12.4 Å². The second-order valence-corrected chi connectivity index (χ2v) is 13.3. The number of piperidine rings is 1. The van der Waals surface area contributed by atoms with Crippen LogP contribution in [0.4, 0.5) is 0 Å². The number of ether oxygens (including phenoxy) is 2. The summed E-state index contributed by atoms with van der Waals surface area (Å²) in [5.41, 5.74) is -0.253. The number of rotatable bonds is 14. The Balaban J connectivity index is 0.00000520. The summed E-state index contributed by atoms with van der Waals surface area (Å²) in [5.74, 6) is 1.77. The smallest absolute Gasteiger partial charge is 0.251 e. The van der Waals surface area contributed by atoms with Gasteiger partial charge in [0.05, 0.1) is 12.7 Å². The molecule has 2 heterocycles. The molecule has 1 aliphatic carbocycles. The molecule has 2 atom stereocenters. The molecule has 0 unspecified atom stereocenters. The third-order valence-corrected chi connectivity index (χ3v) is 10.2. The Morgan fingerprint density at radius 2 is 1.69 bits per heavy atom. The number of carbonyl (C=O) groups excluding carboxylic acids is 3. The fraction of sp³-hybridized carbons (Fsp3) is 0.595. The lowest BCUT2D eigenvalue weighted by atomic mass is 9.78. The van der Waals surface area contributed by atoms with Gasteiger partial charge in [-0.3, -0.25) is 14.4 Å². The summed E-state index contributed by atoms with van der Waals surface area (Å²) in [7, 11) is 1.60. The molecule has 264 valence electrons. The van der Waals surface area contributed by atoms with Crippen LogP contribution in [0.15, 0.2) is 48.5 Å². The lowest BCUT2D eigenvalue weighted by Gasteiger charge is -2.52. The highest BCUT2D eigenvalue weighted by Crippen LogP contribution is 2.36. The molecule has 0 aromatic heterocycles. The third kappa shape index (κ3) is 9.01. The van der Waals surface area contributed by atoms with E-state index in [9.17, 15) is 19.5 Å². The molecule has 5 rings (SSSR count). The van der Waals surface area contributed by atoms with Gasteiger partial charge in [-0.2, -0.15) is 0 Å². The number of piperazine rings is 1. The highest BCUT2D eigenvalue weighted by Gasteiger charge is 2.55. The van der Waals surface area contributed by atoms with Gasteiger partial charge in [0.25, 0.3) is 5.91 Å². The predicted molar refractivity (Wildman–Crippen MR) is 188 cm³/mol. The van der Waals surface area contributed by atoms with E-state index >= 15 is 0 Å². The Morgan fingerprint density at radius 1 is 0.979 bits per heavy atom. The van der Waals surface area contributed by atoms with Gasteiger partial charge in [-0.25, -0.2) is 0 Å². The molecule has 0 bridgehead atoms. The zero-order valence-electron chi connectivity index (χ0n) is 28.5. The van der Waals surface area contributed by atoms with Gasteiger partial charge in [-0.1, -0.05) is 38.7 Å². The van der Waals surface area contributed by atoms with E-state index in [-0.39, 0.29) is 36.0 Å². The average molecular weight is 685 g/mol. The highest BCUT2D eigenvalue weighted by atomic mass is 35.5. The van der Waals surface area contributed by atoms with Gasteiger partial charge in [0.2, 0.25) is 11.8 Å². The van der Waals surface area contributed by atoms with Crippen LogP contribution in [0.1, 0.15) is 87.9 Å². The molecule has 2 aromatic rings. The Hall–Kier alpha value is -3.34. The van der Waals surface area contributed by atoms with E-state index in [1.165, 1.54) is 6.42 Å². The molecule has 2 saturated heterocycles. The molecule has 3 N–H and O–H groups in total. The van der Waals surface area contributed by atoms with Gasteiger partial charge in [-0.05, 0) is 93.8 Å². The van der Waals surface area contributed by atoms with Crippen molar-refractivity contribution in [3.63, 3.8) is 0 Å². The quantitative estimate of drug-likeness (QED) is 0.230. The molecule has 48 heavy (non-hydrogen) atoms. The highest BCUT2D eigenvalue weighted by molar-refractivity contribution is 6.00. The first-order chi connectivity index (χ1) is 22.8. The molecule has 1 saturated carbocycles. The summed E-state index contributed by atoms with van der Waals surface area (Å²) >= 11 is 0. The van der Waals surface area contributed by atoms with Crippen LogP contribution in [0.25, 0.3) is 0 Å². The standard InChI is InChI=1S/C37H52N4O6.ClH/c1-3-4-22-41-35(44)32(33(42)27-11-6-5-7-12-27)39-36(45)37(41)19-23-40(24-20-37)21-8-9-25-46-30-13-10-14-31(26-30)47-29-17-15-28(16-18-29)34(43)38-2;/h10,13-18,26-27,32-33,42H,3-9,11-12,19-25H2,1-2H3,(H,38,43)(H,39,45);1H/t32-,33-;/m1./s1. The average Bonchev–Trinajstić information content (AvgIpc) is 3.10. The second-order valence-electron chi connectivity index (χ2n) is 13.3. The lowest BCUT2D eigenvalue weighted by Crippen LogP contribution is -2.75. The van der Waals surface area contributed by atoms with Crippen LogP contribution in [-0.2, 0) is 9.59 Å². The van der Waals surface area contributed by atoms with Crippen LogP contribution >= 0.6 is 12.4 Å². The van der Waals surface area contributed by atoms with Crippen LogP contribution in [0.2, 0.25) is 0 Å². The number of aliphatic hydroxyl groups is 1. The van der Waals surface area contributed by atoms with Crippen LogP contribution in [0, 0.1) is 5.92 Å². The normalized spacial score (nSPS) is 20.5. The number of aliphatic hydroxyl groups excluding tert-OH is 1. The van der Waals surface area contributed by atoms with Gasteiger partial charge in [0, 0.05) is 38.3 Å². The fourth-order valence-electron chi connectivity index (χ4n) is 7.31. The summed E-state index contributed by atoms with van der Waals surface area (Å²) in [6, 6.07) is 13.7. The zero-order chi connectivity index (χ0) is 33.2. The van der Waals surface area contributed by atoms with E-state index < -0.39 is 17.7 Å². The summed E-state index contributed by atoms with van der Waals surface area (Å²) in [4.78, 5) is 43.6. The van der Waals surface area contributed by atoms with Crippen molar-refractivity contribution in [2.24, 2.45) is 5.92 Å². The van der Waals surface area contributed by atoms with Crippen molar-refractivity contribution in [3.05, 3.63) is 54.1 Å². The Morgan fingerprint density at radius 3 is 2.38 bits per heavy atom. The number of likely N-dealkylation sites (tertiary alicyclic amines) is 1. The van der Waals surface area contributed by atoms with Crippen LogP contribution in [0.5, 0.6) is 17.2 Å². The van der Waals surface area contributed by atoms with Crippen molar-refractivity contribution in [3.8, 4) is 17.2 Å². The number of unbranched alkanes of at least 4 members (excludes halogenated alkanes) is 2. The third-order valence-electron chi connectivity index (χ3n) is 10.2. The van der Waals surface area contributed by atoms with E-state index in [0.29, 0.717) is 43.1 Å². The van der Waals surface area contributed by atoms with Crippen molar-refractivity contribution in [2.75, 3.05) is 39.8 Å². The largest absolute Gasteiger partial charge is 0.493 e. The van der Waals surface area contributed by atoms with E-state index in [1.807, 2.05) is 29.2 Å². The van der Waals surface area contributed by atoms with E-state index in [2.05, 4.69) is 22.5 Å². The summed E-state index contributed by atoms with van der Waals surface area (Å²) in [5, 5.41) is 16.8. The van der Waals surface area contributed by atoms with Crippen LogP contribution < -0.4 is 20.1 Å². The van der Waals surface area contributed by atoms with Crippen molar-refractivity contribution >= 4 is 30.1 Å². The minimum atomic E-state index is -0.833. The number of nitrogens with zero attached hydrogens (tertiary/aromatic N) is 2. The summed E-state index contributed by atoms with van der Waals surface area (Å²) in [6.07, 6.45) is 9.18. The molecule has 1 spiro atoms. The molecule has 2 aromatic carbocycles. The van der Waals surface area contributed by atoms with Gasteiger partial charge in [0.1, 0.15) is 28.8 Å². The second kappa shape index (κ2) is 17.9. The molecular formula is C37H53ClN4O6. The minimum Gasteiger partial charge on any atom is -0.493 e. The lowest BCUT2D eigenvalue weighted by molar-refractivity contribution is -0.165. The molecule has 2 aliphatic heterocycles. The molecule has 11 heteroatoms. The van der Waals surface area contributed by atoms with Crippen LogP contribution in [0.3, 0.4) is 0 Å². The maximum absolute atomic E-state index is 13.8. The van der Waals surface area contributed by atoms with Crippen molar-refractivity contribution in [2.45, 2.75) is 95.2 Å². The number of amides is 3. The van der Waals surface area contributed by atoms with Gasteiger partial charge >= 0.3 is 0 Å². The first-order valence-corrected chi connectivity index (χ1v) is 17.6. The van der Waals surface area contributed by atoms with Crippen molar-refractivity contribution in [1.29, 1.82) is 0 Å². The maximum atomic E-state index is 13.8. The summed E-state index contributed by atoms with van der Waals surface area (Å²) < 4.78 is 12.0. The monoisotopic (exact) mass is 684 g/mol. The maximum Gasteiger partial charge on any atom is 0.251 e. The number of carbonyl (C=O) groups is 3. The number of hydrogen-bond donors (Lipinski definition) is 3. The number of nitrogens with one attached hydrogen (secondary N) is 2. The van der Waals surface area contributed by atoms with E-state index in [4.69, 9.17) is 9.47 Å². The molecule has 0 radical (unpaired) electrons. The fourth-order valence-corrected chi connectivity index (χ4v) is 7.31. The predicted octanol–water partition coefficient (Wildman–Crippen LogP) is 5.32. The number of halogens is 1. The number of benzene rings is 2. The van der Waals surface area contributed by atoms with Crippen molar-refractivity contribution in [1.82, 2.24) is 20.4 Å². The van der Waals surface area contributed by atoms with Crippen LogP contribution in [-0.4, -0.2) is 90.1 Å². The Bertz CT molecular complexity index is 1340. The molecule has 10 nitrogen and oxygen atoms in total.